The van der Waals surface area contributed by atoms with Crippen LogP contribution in [0.4, 0.5) is 4.39 Å². The van der Waals surface area contributed by atoms with E-state index in [0.29, 0.717) is 36.2 Å². The molecule has 4 aliphatic carbocycles. The van der Waals surface area contributed by atoms with Gasteiger partial charge in [0.25, 0.3) is 0 Å². The number of esters is 1. The number of halogens is 1. The lowest BCUT2D eigenvalue weighted by Gasteiger charge is -2.60. The maximum Gasteiger partial charge on any atom is 0.367 e. The molecule has 216 valence electrons. The highest BCUT2D eigenvalue weighted by Gasteiger charge is 2.60. The fraction of sp³-hybridized carbons (Fsp3) is 0.848. The van der Waals surface area contributed by atoms with Crippen molar-refractivity contribution in [3.63, 3.8) is 0 Å². The maximum atomic E-state index is 15.4. The SMILES string of the molecule is CCCC[C@H]1C=C2CC(O[Si](C)(C)C(C)(C)C)CC[C@]2(C)[C@H]2CC[C@]3(C)C(=C(F)C(=O)OCC)CC[C@H]3[C@H]12. The Morgan fingerprint density at radius 2 is 1.74 bits per heavy atom. The third-order valence-corrected chi connectivity index (χ3v) is 16.4. The summed E-state index contributed by atoms with van der Waals surface area (Å²) in [5.74, 6) is 0.841. The molecule has 0 N–H and O–H groups in total. The highest BCUT2D eigenvalue weighted by molar-refractivity contribution is 6.74. The van der Waals surface area contributed by atoms with E-state index in [2.05, 4.69) is 60.7 Å². The van der Waals surface area contributed by atoms with Crippen LogP contribution in [-0.4, -0.2) is 27.0 Å². The lowest BCUT2D eigenvalue weighted by atomic mass is 9.45. The van der Waals surface area contributed by atoms with E-state index < -0.39 is 20.1 Å². The zero-order valence-electron chi connectivity index (χ0n) is 25.8. The Hall–Kier alpha value is -0.943. The van der Waals surface area contributed by atoms with E-state index in [1.165, 1.54) is 25.7 Å². The van der Waals surface area contributed by atoms with Gasteiger partial charge in [-0.2, -0.15) is 4.39 Å². The molecule has 3 fully saturated rings. The third kappa shape index (κ3) is 5.13. The van der Waals surface area contributed by atoms with Gasteiger partial charge in [-0.05, 0) is 116 Å². The monoisotopic (exact) mass is 546 g/mol. The summed E-state index contributed by atoms with van der Waals surface area (Å²) < 4.78 is 27.5. The lowest BCUT2D eigenvalue weighted by molar-refractivity contribution is -0.140. The fourth-order valence-corrected chi connectivity index (χ4v) is 10.1. The second-order valence-corrected chi connectivity index (χ2v) is 19.7. The van der Waals surface area contributed by atoms with E-state index in [1.807, 2.05) is 0 Å². The van der Waals surface area contributed by atoms with E-state index >= 15 is 4.39 Å². The number of ether oxygens (including phenoxy) is 1. The number of hydrogen-bond donors (Lipinski definition) is 0. The molecule has 3 saturated carbocycles. The zero-order valence-corrected chi connectivity index (χ0v) is 26.8. The Kier molecular flexibility index (Phi) is 8.53. The lowest BCUT2D eigenvalue weighted by Crippen LogP contribution is -2.53. The number of hydrogen-bond acceptors (Lipinski definition) is 3. The number of rotatable bonds is 7. The van der Waals surface area contributed by atoms with Gasteiger partial charge in [-0.1, -0.05) is 66.0 Å². The van der Waals surface area contributed by atoms with Crippen molar-refractivity contribution in [2.45, 2.75) is 137 Å². The Bertz CT molecular complexity index is 962. The average molecular weight is 547 g/mol. The van der Waals surface area contributed by atoms with Gasteiger partial charge in [-0.3, -0.25) is 0 Å². The second kappa shape index (κ2) is 10.8. The number of allylic oxidation sites excluding steroid dienone is 2. The van der Waals surface area contributed by atoms with Crippen molar-refractivity contribution in [1.29, 1.82) is 0 Å². The van der Waals surface area contributed by atoms with Crippen molar-refractivity contribution in [3.8, 4) is 0 Å². The van der Waals surface area contributed by atoms with Crippen LogP contribution in [0.5, 0.6) is 0 Å². The van der Waals surface area contributed by atoms with E-state index in [1.54, 1.807) is 12.5 Å². The number of carbonyl (C=O) groups excluding carboxylic acids is 1. The molecule has 0 radical (unpaired) electrons. The molecule has 3 nitrogen and oxygen atoms in total. The predicted octanol–water partition coefficient (Wildman–Crippen LogP) is 9.54. The molecule has 0 aromatic rings. The maximum absolute atomic E-state index is 15.4. The molecule has 0 spiro atoms. The standard InChI is InChI=1S/C33H55FO3Si/c1-10-12-13-22-20-23-21-24(37-38(8,9)31(3,4)5)16-18-32(23,6)26-17-19-33(7)25(28(22)26)14-15-27(33)29(34)30(35)36-11-2/h20,22,24-26,28H,10-19,21H2,1-9H3/t22-,24?,25-,26-,28-,32-,33-/m0/s1. The first-order valence-electron chi connectivity index (χ1n) is 15.6. The van der Waals surface area contributed by atoms with Crippen molar-refractivity contribution in [2.24, 2.45) is 34.5 Å². The molecule has 1 unspecified atom stereocenters. The summed E-state index contributed by atoms with van der Waals surface area (Å²) >= 11 is 0. The Morgan fingerprint density at radius 1 is 1.08 bits per heavy atom. The van der Waals surface area contributed by atoms with Crippen LogP contribution in [-0.2, 0) is 14.0 Å². The van der Waals surface area contributed by atoms with Gasteiger partial charge in [0.2, 0.25) is 5.83 Å². The minimum atomic E-state index is -1.81. The molecule has 38 heavy (non-hydrogen) atoms. The summed E-state index contributed by atoms with van der Waals surface area (Å²) in [5.41, 5.74) is 2.39. The van der Waals surface area contributed by atoms with Crippen LogP contribution in [0.25, 0.3) is 0 Å². The van der Waals surface area contributed by atoms with Gasteiger partial charge in [-0.25, -0.2) is 4.79 Å². The van der Waals surface area contributed by atoms with E-state index in [0.717, 1.165) is 37.7 Å². The molecular weight excluding hydrogens is 491 g/mol. The first-order chi connectivity index (χ1) is 17.7. The first-order valence-corrected chi connectivity index (χ1v) is 18.6. The first kappa shape index (κ1) is 30.0. The van der Waals surface area contributed by atoms with Crippen molar-refractivity contribution in [3.05, 3.63) is 23.0 Å². The third-order valence-electron chi connectivity index (χ3n) is 11.9. The summed E-state index contributed by atoms with van der Waals surface area (Å²) in [7, 11) is -1.81. The molecule has 0 aromatic heterocycles. The van der Waals surface area contributed by atoms with Crippen molar-refractivity contribution in [1.82, 2.24) is 0 Å². The van der Waals surface area contributed by atoms with E-state index in [9.17, 15) is 4.79 Å². The molecule has 0 bridgehead atoms. The number of unbranched alkanes of at least 4 members (excludes halogenated alkanes) is 1. The average Bonchev–Trinajstić information content (AvgIpc) is 3.19. The van der Waals surface area contributed by atoms with Crippen molar-refractivity contribution in [2.75, 3.05) is 6.61 Å². The second-order valence-electron chi connectivity index (χ2n) is 15.0. The molecule has 7 atom stereocenters. The molecule has 4 rings (SSSR count). The quantitative estimate of drug-likeness (QED) is 0.138. The van der Waals surface area contributed by atoms with E-state index in [-0.39, 0.29) is 22.5 Å². The smallest absolute Gasteiger partial charge is 0.367 e. The highest BCUT2D eigenvalue weighted by Crippen LogP contribution is 2.68. The summed E-state index contributed by atoms with van der Waals surface area (Å²) in [5, 5.41) is 0.226. The Morgan fingerprint density at radius 3 is 2.37 bits per heavy atom. The molecule has 5 heteroatoms. The van der Waals surface area contributed by atoms with Crippen LogP contribution in [0.2, 0.25) is 18.1 Å². The van der Waals surface area contributed by atoms with Crippen LogP contribution >= 0.6 is 0 Å². The summed E-state index contributed by atoms with van der Waals surface area (Å²) in [6, 6.07) is 0. The highest BCUT2D eigenvalue weighted by atomic mass is 28.4. The minimum absolute atomic E-state index is 0.216. The van der Waals surface area contributed by atoms with Gasteiger partial charge in [0, 0.05) is 6.10 Å². The van der Waals surface area contributed by atoms with Gasteiger partial charge < -0.3 is 9.16 Å². The van der Waals surface area contributed by atoms with Crippen LogP contribution in [0.1, 0.15) is 113 Å². The topological polar surface area (TPSA) is 35.5 Å². The minimum Gasteiger partial charge on any atom is -0.461 e. The Labute approximate surface area is 233 Å². The summed E-state index contributed by atoms with van der Waals surface area (Å²) in [6.45, 7) is 20.9. The van der Waals surface area contributed by atoms with Crippen molar-refractivity contribution >= 4 is 14.3 Å². The normalized spacial score (nSPS) is 38.6. The molecule has 0 heterocycles. The van der Waals surface area contributed by atoms with Gasteiger partial charge in [0.15, 0.2) is 8.32 Å². The molecular formula is C33H55FO3Si. The van der Waals surface area contributed by atoms with Gasteiger partial charge in [0.1, 0.15) is 0 Å². The Balaban J connectivity index is 1.66. The largest absolute Gasteiger partial charge is 0.461 e. The van der Waals surface area contributed by atoms with Crippen LogP contribution < -0.4 is 0 Å². The zero-order chi connectivity index (χ0) is 28.1. The van der Waals surface area contributed by atoms with Gasteiger partial charge in [0.05, 0.1) is 6.61 Å². The molecule has 0 amide bonds. The fourth-order valence-electron chi connectivity index (χ4n) is 8.69. The molecule has 0 saturated heterocycles. The molecule has 0 aromatic carbocycles. The summed E-state index contributed by atoms with van der Waals surface area (Å²) in [4.78, 5) is 12.4. The van der Waals surface area contributed by atoms with Crippen LogP contribution in [0.15, 0.2) is 23.0 Å². The summed E-state index contributed by atoms with van der Waals surface area (Å²) in [6.07, 6.45) is 13.9. The number of carbonyl (C=O) groups is 1. The van der Waals surface area contributed by atoms with Gasteiger partial charge in [-0.15, -0.1) is 0 Å². The van der Waals surface area contributed by atoms with E-state index in [4.69, 9.17) is 9.16 Å². The molecule has 0 aliphatic heterocycles. The number of fused-ring (bicyclic) bond motifs is 5. The van der Waals surface area contributed by atoms with Crippen LogP contribution in [0.3, 0.4) is 0 Å². The van der Waals surface area contributed by atoms with Crippen molar-refractivity contribution < 1.29 is 18.3 Å². The van der Waals surface area contributed by atoms with Crippen LogP contribution in [0, 0.1) is 34.5 Å². The molecule has 4 aliphatic rings. The van der Waals surface area contributed by atoms with Gasteiger partial charge >= 0.3 is 5.97 Å². The predicted molar refractivity (Wildman–Crippen MR) is 157 cm³/mol.